The van der Waals surface area contributed by atoms with Crippen LogP contribution in [0.1, 0.15) is 62.0 Å². The Bertz CT molecular complexity index is 1310. The first-order chi connectivity index (χ1) is 16.9. The number of cyclic esters (lactones) is 1. The van der Waals surface area contributed by atoms with Crippen LogP contribution in [0.3, 0.4) is 0 Å². The Morgan fingerprint density at radius 3 is 2.28 bits per heavy atom. The lowest BCUT2D eigenvalue weighted by molar-refractivity contribution is -0.101. The first-order valence-electron chi connectivity index (χ1n) is 12.5. The summed E-state index contributed by atoms with van der Waals surface area (Å²) in [7, 11) is 1.78. The van der Waals surface area contributed by atoms with E-state index in [2.05, 4.69) is 0 Å². The predicted octanol–water partition coefficient (Wildman–Crippen LogP) is 5.63. The van der Waals surface area contributed by atoms with E-state index in [4.69, 9.17) is 4.74 Å². The Labute approximate surface area is 213 Å². The van der Waals surface area contributed by atoms with E-state index in [1.807, 2.05) is 75.4 Å². The molecule has 1 fully saturated rings. The predicted molar refractivity (Wildman–Crippen MR) is 142 cm³/mol. The average molecular weight is 489 g/mol. The van der Waals surface area contributed by atoms with Crippen molar-refractivity contribution in [3.05, 3.63) is 93.4 Å². The van der Waals surface area contributed by atoms with Crippen LogP contribution in [-0.2, 0) is 17.4 Å². The molecule has 2 atom stereocenters. The Morgan fingerprint density at radius 1 is 1.06 bits per heavy atom. The van der Waals surface area contributed by atoms with E-state index in [1.54, 1.807) is 36.4 Å². The van der Waals surface area contributed by atoms with Gasteiger partial charge in [-0.1, -0.05) is 54.6 Å². The third kappa shape index (κ3) is 4.96. The van der Waals surface area contributed by atoms with Crippen LogP contribution in [0.2, 0.25) is 0 Å². The van der Waals surface area contributed by atoms with Crippen molar-refractivity contribution in [2.45, 2.75) is 64.7 Å². The van der Waals surface area contributed by atoms with Crippen LogP contribution in [0.25, 0.3) is 11.1 Å². The summed E-state index contributed by atoms with van der Waals surface area (Å²) in [5.41, 5.74) is 3.90. The molecule has 1 amide bonds. The van der Waals surface area contributed by atoms with Gasteiger partial charge < -0.3 is 19.3 Å². The fourth-order valence-electron chi connectivity index (χ4n) is 5.25. The minimum atomic E-state index is -0.991. The van der Waals surface area contributed by atoms with E-state index >= 15 is 0 Å². The maximum Gasteiger partial charge on any atom is 0.411 e. The second kappa shape index (κ2) is 9.58. The topological polar surface area (TPSA) is 71.8 Å². The highest BCUT2D eigenvalue weighted by Crippen LogP contribution is 2.42. The van der Waals surface area contributed by atoms with Gasteiger partial charge in [-0.3, -0.25) is 4.79 Å². The molecule has 0 aliphatic carbocycles. The van der Waals surface area contributed by atoms with Crippen molar-refractivity contribution in [1.29, 1.82) is 0 Å². The Hall–Kier alpha value is -3.38. The molecule has 4 rings (SSSR count). The van der Waals surface area contributed by atoms with Gasteiger partial charge in [-0.05, 0) is 62.4 Å². The monoisotopic (exact) mass is 488 g/mol. The van der Waals surface area contributed by atoms with Crippen molar-refractivity contribution >= 4 is 6.09 Å². The quantitative estimate of drug-likeness (QED) is 0.488. The molecule has 6 heteroatoms. The smallest absolute Gasteiger partial charge is 0.411 e. The summed E-state index contributed by atoms with van der Waals surface area (Å²) in [4.78, 5) is 27.4. The number of rotatable bonds is 6. The summed E-state index contributed by atoms with van der Waals surface area (Å²) < 4.78 is 7.78. The van der Waals surface area contributed by atoms with Gasteiger partial charge in [0.2, 0.25) is 0 Å². The largest absolute Gasteiger partial charge is 0.438 e. The maximum atomic E-state index is 13.3. The van der Waals surface area contributed by atoms with Crippen molar-refractivity contribution in [2.75, 3.05) is 6.54 Å². The number of ether oxygens (including phenoxy) is 1. The molecular formula is C30H36N2O4. The summed E-state index contributed by atoms with van der Waals surface area (Å²) in [6.07, 6.45) is 0.520. The molecule has 0 unspecified atom stereocenters. The Kier molecular flexibility index (Phi) is 6.84. The zero-order valence-corrected chi connectivity index (χ0v) is 22.0. The number of hydrogen-bond acceptors (Lipinski definition) is 4. The number of pyridine rings is 1. The normalized spacial score (nSPS) is 19.2. The van der Waals surface area contributed by atoms with Crippen molar-refractivity contribution in [3.8, 4) is 11.1 Å². The zero-order valence-electron chi connectivity index (χ0n) is 22.0. The molecule has 36 heavy (non-hydrogen) atoms. The molecule has 190 valence electrons. The molecule has 2 heterocycles. The number of carbonyl (C=O) groups is 1. The van der Waals surface area contributed by atoms with Crippen LogP contribution < -0.4 is 5.56 Å². The number of aromatic nitrogens is 1. The lowest BCUT2D eigenvalue weighted by Crippen LogP contribution is -2.51. The van der Waals surface area contributed by atoms with Gasteiger partial charge in [-0.25, -0.2) is 4.79 Å². The highest BCUT2D eigenvalue weighted by Gasteiger charge is 2.46. The van der Waals surface area contributed by atoms with E-state index in [0.717, 1.165) is 33.5 Å². The van der Waals surface area contributed by atoms with Gasteiger partial charge in [-0.15, -0.1) is 0 Å². The van der Waals surface area contributed by atoms with Crippen LogP contribution in [0.5, 0.6) is 0 Å². The van der Waals surface area contributed by atoms with Gasteiger partial charge in [0.15, 0.2) is 0 Å². The van der Waals surface area contributed by atoms with E-state index in [0.29, 0.717) is 19.4 Å². The summed E-state index contributed by atoms with van der Waals surface area (Å²) >= 11 is 0. The van der Waals surface area contributed by atoms with Gasteiger partial charge in [-0.2, -0.15) is 0 Å². The van der Waals surface area contributed by atoms with Gasteiger partial charge in [0, 0.05) is 38.2 Å². The number of benzene rings is 2. The summed E-state index contributed by atoms with van der Waals surface area (Å²) in [6.45, 7) is 9.97. The van der Waals surface area contributed by atoms with Crippen molar-refractivity contribution < 1.29 is 14.6 Å². The molecule has 1 aliphatic heterocycles. The Morgan fingerprint density at radius 2 is 1.69 bits per heavy atom. The fourth-order valence-corrected chi connectivity index (χ4v) is 5.25. The maximum absolute atomic E-state index is 13.3. The molecule has 0 bridgehead atoms. The molecule has 3 aromatic rings. The molecule has 0 saturated carbocycles. The molecule has 0 radical (unpaired) electrons. The Balaban J connectivity index is 1.57. The van der Waals surface area contributed by atoms with Crippen LogP contribution in [0, 0.1) is 13.8 Å². The second-order valence-electron chi connectivity index (χ2n) is 10.6. The van der Waals surface area contributed by atoms with Crippen LogP contribution in [-0.4, -0.2) is 32.8 Å². The average Bonchev–Trinajstić information content (AvgIpc) is 2.84. The first kappa shape index (κ1) is 25.7. The summed E-state index contributed by atoms with van der Waals surface area (Å²) in [5.74, 6) is 0. The van der Waals surface area contributed by atoms with E-state index in [9.17, 15) is 14.7 Å². The highest BCUT2D eigenvalue weighted by atomic mass is 16.6. The number of nitrogens with zero attached hydrogens (tertiary/aromatic N) is 2. The number of carbonyl (C=O) groups excluding carboxylic acids is 1. The number of aliphatic hydroxyl groups is 1. The molecule has 6 nitrogen and oxygen atoms in total. The third-order valence-corrected chi connectivity index (χ3v) is 7.51. The molecular weight excluding hydrogens is 452 g/mol. The molecule has 0 spiro atoms. The zero-order chi connectivity index (χ0) is 26.3. The lowest BCUT2D eigenvalue weighted by atomic mass is 9.80. The molecule has 2 aromatic carbocycles. The minimum Gasteiger partial charge on any atom is -0.438 e. The van der Waals surface area contributed by atoms with Crippen molar-refractivity contribution in [2.24, 2.45) is 7.05 Å². The van der Waals surface area contributed by atoms with Gasteiger partial charge in [0.25, 0.3) is 5.56 Å². The SMILES string of the molecule is Cc1c(-c2ccc([C@H](C)N3CC[C@](CC(C)(C)O)(c4ccccc4)OC3=O)cc2)cc(=O)n(C)c1C. The summed E-state index contributed by atoms with van der Waals surface area (Å²) in [6, 6.07) is 19.2. The summed E-state index contributed by atoms with van der Waals surface area (Å²) in [5, 5.41) is 10.6. The van der Waals surface area contributed by atoms with E-state index in [-0.39, 0.29) is 17.7 Å². The molecule has 1 saturated heterocycles. The third-order valence-electron chi connectivity index (χ3n) is 7.51. The van der Waals surface area contributed by atoms with Crippen LogP contribution in [0.15, 0.2) is 65.5 Å². The second-order valence-corrected chi connectivity index (χ2v) is 10.6. The lowest BCUT2D eigenvalue weighted by Gasteiger charge is -2.45. The highest BCUT2D eigenvalue weighted by molar-refractivity contribution is 5.71. The molecule has 1 N–H and O–H groups in total. The number of amides is 1. The van der Waals surface area contributed by atoms with Gasteiger partial charge >= 0.3 is 6.09 Å². The van der Waals surface area contributed by atoms with E-state index < -0.39 is 11.2 Å². The van der Waals surface area contributed by atoms with Crippen LogP contribution in [0.4, 0.5) is 4.79 Å². The van der Waals surface area contributed by atoms with E-state index in [1.165, 1.54) is 0 Å². The van der Waals surface area contributed by atoms with Gasteiger partial charge in [0.1, 0.15) is 5.60 Å². The van der Waals surface area contributed by atoms with Crippen molar-refractivity contribution in [3.63, 3.8) is 0 Å². The first-order valence-corrected chi connectivity index (χ1v) is 12.5. The van der Waals surface area contributed by atoms with Crippen LogP contribution >= 0.6 is 0 Å². The van der Waals surface area contributed by atoms with Gasteiger partial charge in [0.05, 0.1) is 11.6 Å². The number of hydrogen-bond donors (Lipinski definition) is 1. The fraction of sp³-hybridized carbons (Fsp3) is 0.400. The minimum absolute atomic E-state index is 0.0328. The molecule has 1 aliphatic rings. The molecule has 1 aromatic heterocycles. The standard InChI is InChI=1S/C30H36N2O4/c1-20-21(2)31(6)27(33)18-26(20)24-14-12-23(13-15-24)22(3)32-17-16-30(36-28(32)34,19-29(4,5)35)25-10-8-7-9-11-25/h7-15,18,22,35H,16-17,19H2,1-6H3/t22-,30-/m0/s1. The van der Waals surface area contributed by atoms with Crippen molar-refractivity contribution in [1.82, 2.24) is 9.47 Å².